The third kappa shape index (κ3) is 2.96. The standard InChI is InChI=1S/C21H28N4O3/c26-19(15-2-1-3-15)23-6-8-24(9-7-23)20(27)17-4-5-18-16-10-14(11-22-12-16)13-25(18)21(17)28/h4-5,14-16,22H,1-3,6-13H2/t14-,16+/m0/s1. The van der Waals surface area contributed by atoms with Gasteiger partial charge in [-0.15, -0.1) is 0 Å². The Bertz CT molecular complexity index is 852. The molecule has 1 saturated carbocycles. The van der Waals surface area contributed by atoms with E-state index in [1.807, 2.05) is 15.5 Å². The quantitative estimate of drug-likeness (QED) is 0.812. The lowest BCUT2D eigenvalue weighted by molar-refractivity contribution is -0.139. The van der Waals surface area contributed by atoms with Crippen molar-refractivity contribution in [3.63, 3.8) is 0 Å². The molecule has 150 valence electrons. The van der Waals surface area contributed by atoms with Gasteiger partial charge >= 0.3 is 0 Å². The van der Waals surface area contributed by atoms with E-state index in [9.17, 15) is 14.4 Å². The Morgan fingerprint density at radius 1 is 1.00 bits per heavy atom. The van der Waals surface area contributed by atoms with Crippen LogP contribution in [-0.4, -0.2) is 65.4 Å². The molecule has 3 fully saturated rings. The normalized spacial score (nSPS) is 27.1. The number of nitrogens with one attached hydrogen (secondary N) is 1. The van der Waals surface area contributed by atoms with E-state index >= 15 is 0 Å². The summed E-state index contributed by atoms with van der Waals surface area (Å²) in [5.74, 6) is 1.08. The second-order valence-corrected chi connectivity index (χ2v) is 8.79. The molecule has 0 unspecified atom stereocenters. The molecule has 1 aromatic heterocycles. The Hall–Kier alpha value is -2.15. The molecule has 4 heterocycles. The van der Waals surface area contributed by atoms with Gasteiger partial charge in [-0.2, -0.15) is 0 Å². The van der Waals surface area contributed by atoms with Gasteiger partial charge in [-0.3, -0.25) is 14.4 Å². The van der Waals surface area contributed by atoms with E-state index in [2.05, 4.69) is 5.32 Å². The van der Waals surface area contributed by atoms with Gasteiger partial charge in [0.1, 0.15) is 5.56 Å². The van der Waals surface area contributed by atoms with Crippen molar-refractivity contribution in [3.8, 4) is 0 Å². The molecule has 1 aliphatic carbocycles. The van der Waals surface area contributed by atoms with E-state index in [0.29, 0.717) is 44.6 Å². The smallest absolute Gasteiger partial charge is 0.263 e. The van der Waals surface area contributed by atoms with Gasteiger partial charge in [-0.05, 0) is 43.9 Å². The molecule has 28 heavy (non-hydrogen) atoms. The molecule has 7 heteroatoms. The average Bonchev–Trinajstić information content (AvgIpc) is 2.67. The second kappa shape index (κ2) is 7.03. The van der Waals surface area contributed by atoms with E-state index in [4.69, 9.17) is 0 Å². The van der Waals surface area contributed by atoms with Gasteiger partial charge in [0.25, 0.3) is 11.5 Å². The summed E-state index contributed by atoms with van der Waals surface area (Å²) < 4.78 is 1.84. The molecule has 5 rings (SSSR count). The van der Waals surface area contributed by atoms with Crippen LogP contribution in [0.4, 0.5) is 0 Å². The summed E-state index contributed by atoms with van der Waals surface area (Å²) in [5.41, 5.74) is 1.18. The van der Waals surface area contributed by atoms with Crippen LogP contribution in [-0.2, 0) is 11.3 Å². The number of carbonyl (C=O) groups excluding carboxylic acids is 2. The molecule has 7 nitrogen and oxygen atoms in total. The van der Waals surface area contributed by atoms with E-state index in [-0.39, 0.29) is 28.9 Å². The minimum absolute atomic E-state index is 0.146. The average molecular weight is 384 g/mol. The van der Waals surface area contributed by atoms with Crippen molar-refractivity contribution in [2.24, 2.45) is 11.8 Å². The number of piperazine rings is 1. The van der Waals surface area contributed by atoms with Crippen molar-refractivity contribution < 1.29 is 9.59 Å². The largest absolute Gasteiger partial charge is 0.339 e. The van der Waals surface area contributed by atoms with E-state index in [1.54, 1.807) is 11.0 Å². The Labute approximate surface area is 164 Å². The molecule has 0 spiro atoms. The van der Waals surface area contributed by atoms with Gasteiger partial charge in [0, 0.05) is 56.8 Å². The first-order valence-corrected chi connectivity index (χ1v) is 10.6. The SMILES string of the molecule is O=C(c1ccc2n(c1=O)C[C@@H]1CNC[C@H]2C1)N1CCN(C(=O)C2CCC2)CC1. The maximum Gasteiger partial charge on any atom is 0.263 e. The van der Waals surface area contributed by atoms with Crippen LogP contribution in [0.2, 0.25) is 0 Å². The monoisotopic (exact) mass is 384 g/mol. The number of nitrogens with zero attached hydrogens (tertiary/aromatic N) is 3. The molecule has 2 bridgehead atoms. The zero-order chi connectivity index (χ0) is 19.3. The highest BCUT2D eigenvalue weighted by molar-refractivity contribution is 5.94. The molecule has 3 aliphatic heterocycles. The number of carbonyl (C=O) groups is 2. The first-order chi connectivity index (χ1) is 13.6. The van der Waals surface area contributed by atoms with Crippen molar-refractivity contribution in [2.75, 3.05) is 39.3 Å². The fourth-order valence-corrected chi connectivity index (χ4v) is 5.17. The van der Waals surface area contributed by atoms with Crippen molar-refractivity contribution in [2.45, 2.75) is 38.1 Å². The number of rotatable bonds is 2. The van der Waals surface area contributed by atoms with E-state index in [1.165, 1.54) is 0 Å². The van der Waals surface area contributed by atoms with Crippen LogP contribution in [0.3, 0.4) is 0 Å². The summed E-state index contributed by atoms with van der Waals surface area (Å²) in [6, 6.07) is 3.69. The summed E-state index contributed by atoms with van der Waals surface area (Å²) in [6.45, 7) is 4.70. The summed E-state index contributed by atoms with van der Waals surface area (Å²) in [6.07, 6.45) is 4.27. The predicted octanol–water partition coefficient (Wildman–Crippen LogP) is 0.640. The van der Waals surface area contributed by atoms with Crippen LogP contribution >= 0.6 is 0 Å². The van der Waals surface area contributed by atoms with Gasteiger partial charge in [-0.1, -0.05) is 6.42 Å². The number of hydrogen-bond acceptors (Lipinski definition) is 4. The predicted molar refractivity (Wildman–Crippen MR) is 104 cm³/mol. The zero-order valence-electron chi connectivity index (χ0n) is 16.2. The lowest BCUT2D eigenvalue weighted by Crippen LogP contribution is -2.53. The Kier molecular flexibility index (Phi) is 4.50. The number of fused-ring (bicyclic) bond motifs is 4. The third-order valence-electron chi connectivity index (χ3n) is 7.07. The minimum atomic E-state index is -0.190. The Morgan fingerprint density at radius 3 is 2.46 bits per heavy atom. The number of amides is 2. The molecule has 2 saturated heterocycles. The van der Waals surface area contributed by atoms with Crippen molar-refractivity contribution >= 4 is 11.8 Å². The third-order valence-corrected chi connectivity index (χ3v) is 7.07. The molecule has 4 aliphatic rings. The van der Waals surface area contributed by atoms with Gasteiger partial charge in [-0.25, -0.2) is 0 Å². The van der Waals surface area contributed by atoms with E-state index in [0.717, 1.165) is 44.5 Å². The minimum Gasteiger partial charge on any atom is -0.339 e. The van der Waals surface area contributed by atoms with Gasteiger partial charge in [0.2, 0.25) is 5.91 Å². The van der Waals surface area contributed by atoms with Crippen LogP contribution in [0, 0.1) is 11.8 Å². The number of pyridine rings is 1. The summed E-state index contributed by atoms with van der Waals surface area (Å²) in [4.78, 5) is 42.1. The van der Waals surface area contributed by atoms with Crippen LogP contribution in [0.5, 0.6) is 0 Å². The molecular formula is C21H28N4O3. The first kappa shape index (κ1) is 17.9. The fourth-order valence-electron chi connectivity index (χ4n) is 5.17. The topological polar surface area (TPSA) is 74.7 Å². The van der Waals surface area contributed by atoms with Crippen LogP contribution in [0.1, 0.15) is 47.7 Å². The molecular weight excluding hydrogens is 356 g/mol. The highest BCUT2D eigenvalue weighted by atomic mass is 16.2. The van der Waals surface area contributed by atoms with Crippen molar-refractivity contribution in [1.82, 2.24) is 19.7 Å². The van der Waals surface area contributed by atoms with Gasteiger partial charge < -0.3 is 19.7 Å². The fraction of sp³-hybridized carbons (Fsp3) is 0.667. The second-order valence-electron chi connectivity index (χ2n) is 8.79. The molecule has 1 aromatic rings. The summed E-state index contributed by atoms with van der Waals surface area (Å²) in [5, 5.41) is 3.44. The molecule has 0 radical (unpaired) electrons. The summed E-state index contributed by atoms with van der Waals surface area (Å²) in [7, 11) is 0. The first-order valence-electron chi connectivity index (χ1n) is 10.6. The zero-order valence-corrected chi connectivity index (χ0v) is 16.2. The molecule has 2 atom stereocenters. The van der Waals surface area contributed by atoms with Gasteiger partial charge in [0.15, 0.2) is 0 Å². The van der Waals surface area contributed by atoms with Gasteiger partial charge in [0.05, 0.1) is 0 Å². The number of piperidine rings is 1. The highest BCUT2D eigenvalue weighted by Gasteiger charge is 2.34. The summed E-state index contributed by atoms with van der Waals surface area (Å²) >= 11 is 0. The Morgan fingerprint density at radius 2 is 1.75 bits per heavy atom. The lowest BCUT2D eigenvalue weighted by atomic mass is 9.84. The molecule has 2 amide bonds. The van der Waals surface area contributed by atoms with Crippen LogP contribution in [0.15, 0.2) is 16.9 Å². The van der Waals surface area contributed by atoms with E-state index < -0.39 is 0 Å². The molecule has 0 aromatic carbocycles. The lowest BCUT2D eigenvalue weighted by Gasteiger charge is -2.39. The maximum absolute atomic E-state index is 13.1. The molecule has 1 N–H and O–H groups in total. The van der Waals surface area contributed by atoms with Crippen molar-refractivity contribution in [1.29, 1.82) is 0 Å². The van der Waals surface area contributed by atoms with Crippen molar-refractivity contribution in [3.05, 3.63) is 33.7 Å². The van der Waals surface area contributed by atoms with Crippen LogP contribution < -0.4 is 10.9 Å². The number of hydrogen-bond donors (Lipinski definition) is 1. The highest BCUT2D eigenvalue weighted by Crippen LogP contribution is 2.32. The Balaban J connectivity index is 1.30. The van der Waals surface area contributed by atoms with Crippen LogP contribution in [0.25, 0.3) is 0 Å². The maximum atomic E-state index is 13.1. The number of aromatic nitrogens is 1.